The molecule has 9 heteroatoms. The lowest BCUT2D eigenvalue weighted by Crippen LogP contribution is -2.44. The SMILES string of the molecule is CCNC(=NCc1ccc(OC(F)F)c(OCC)c1)NCCN1CCOCC1. The fourth-order valence-electron chi connectivity index (χ4n) is 2.78. The summed E-state index contributed by atoms with van der Waals surface area (Å²) in [6.45, 7) is 7.54. The van der Waals surface area contributed by atoms with E-state index >= 15 is 0 Å². The number of hydrogen-bond donors (Lipinski definition) is 2. The van der Waals surface area contributed by atoms with Crippen molar-refractivity contribution in [3.8, 4) is 11.5 Å². The molecule has 0 spiro atoms. The molecular formula is C19H30F2N4O3. The summed E-state index contributed by atoms with van der Waals surface area (Å²) in [6.07, 6.45) is 0. The van der Waals surface area contributed by atoms with Crippen LogP contribution >= 0.6 is 0 Å². The van der Waals surface area contributed by atoms with Crippen molar-refractivity contribution in [1.29, 1.82) is 0 Å². The second-order valence-corrected chi connectivity index (χ2v) is 6.17. The van der Waals surface area contributed by atoms with Gasteiger partial charge in [0.15, 0.2) is 17.5 Å². The maximum atomic E-state index is 12.5. The maximum Gasteiger partial charge on any atom is 0.387 e. The molecule has 0 radical (unpaired) electrons. The van der Waals surface area contributed by atoms with Gasteiger partial charge in [0.1, 0.15) is 0 Å². The van der Waals surface area contributed by atoms with Gasteiger partial charge in [0.2, 0.25) is 0 Å². The van der Waals surface area contributed by atoms with Gasteiger partial charge in [0.25, 0.3) is 0 Å². The van der Waals surface area contributed by atoms with Crippen LogP contribution in [0.1, 0.15) is 19.4 Å². The summed E-state index contributed by atoms with van der Waals surface area (Å²) < 4.78 is 40.3. The van der Waals surface area contributed by atoms with Crippen molar-refractivity contribution in [2.75, 3.05) is 52.5 Å². The van der Waals surface area contributed by atoms with Crippen LogP contribution in [-0.4, -0.2) is 70.0 Å². The number of aliphatic imine (C=N–C) groups is 1. The van der Waals surface area contributed by atoms with Gasteiger partial charge in [-0.15, -0.1) is 0 Å². The van der Waals surface area contributed by atoms with Crippen molar-refractivity contribution in [2.45, 2.75) is 27.0 Å². The Morgan fingerprint density at radius 2 is 2.00 bits per heavy atom. The highest BCUT2D eigenvalue weighted by Gasteiger charge is 2.12. The molecular weight excluding hydrogens is 370 g/mol. The third-order valence-electron chi connectivity index (χ3n) is 4.11. The molecule has 1 aromatic carbocycles. The van der Waals surface area contributed by atoms with Crippen molar-refractivity contribution in [2.24, 2.45) is 4.99 Å². The Bertz CT molecular complexity index is 611. The number of alkyl halides is 2. The highest BCUT2D eigenvalue weighted by atomic mass is 19.3. The highest BCUT2D eigenvalue weighted by Crippen LogP contribution is 2.30. The predicted molar refractivity (Wildman–Crippen MR) is 104 cm³/mol. The molecule has 1 aliphatic rings. The van der Waals surface area contributed by atoms with Crippen molar-refractivity contribution in [1.82, 2.24) is 15.5 Å². The number of hydrogen-bond acceptors (Lipinski definition) is 5. The molecule has 0 saturated carbocycles. The lowest BCUT2D eigenvalue weighted by molar-refractivity contribution is -0.0514. The fraction of sp³-hybridized carbons (Fsp3) is 0.632. The monoisotopic (exact) mass is 400 g/mol. The van der Waals surface area contributed by atoms with Crippen LogP contribution in [0.25, 0.3) is 0 Å². The molecule has 0 atom stereocenters. The van der Waals surface area contributed by atoms with Crippen LogP contribution in [0.5, 0.6) is 11.5 Å². The average Bonchev–Trinajstić information content (AvgIpc) is 2.68. The standard InChI is InChI=1S/C19H30F2N4O3/c1-3-22-19(23-7-8-25-9-11-26-12-10-25)24-14-15-5-6-16(28-18(20)21)17(13-15)27-4-2/h5-6,13,18H,3-4,7-12,14H2,1-2H3,(H2,22,23,24). The first-order valence-electron chi connectivity index (χ1n) is 9.65. The number of benzene rings is 1. The van der Waals surface area contributed by atoms with E-state index in [1.165, 1.54) is 6.07 Å². The second kappa shape index (κ2) is 12.4. The molecule has 7 nitrogen and oxygen atoms in total. The zero-order chi connectivity index (χ0) is 20.2. The minimum atomic E-state index is -2.89. The molecule has 0 amide bonds. The molecule has 0 aromatic heterocycles. The fourth-order valence-corrected chi connectivity index (χ4v) is 2.78. The van der Waals surface area contributed by atoms with Crippen LogP contribution in [0.3, 0.4) is 0 Å². The molecule has 28 heavy (non-hydrogen) atoms. The third-order valence-corrected chi connectivity index (χ3v) is 4.11. The molecule has 1 aromatic rings. The Balaban J connectivity index is 1.93. The summed E-state index contributed by atoms with van der Waals surface area (Å²) in [7, 11) is 0. The maximum absolute atomic E-state index is 12.5. The molecule has 2 rings (SSSR count). The van der Waals surface area contributed by atoms with Crippen molar-refractivity contribution in [3.63, 3.8) is 0 Å². The first-order chi connectivity index (χ1) is 13.6. The van der Waals surface area contributed by atoms with E-state index in [0.717, 1.165) is 51.5 Å². The third kappa shape index (κ3) is 7.85. The summed E-state index contributed by atoms with van der Waals surface area (Å²) in [5, 5.41) is 6.53. The molecule has 1 heterocycles. The molecule has 0 unspecified atom stereocenters. The first-order valence-corrected chi connectivity index (χ1v) is 9.65. The topological polar surface area (TPSA) is 67.4 Å². The normalized spacial score (nSPS) is 15.5. The largest absolute Gasteiger partial charge is 0.490 e. The lowest BCUT2D eigenvalue weighted by atomic mass is 10.2. The number of nitrogens with zero attached hydrogens (tertiary/aromatic N) is 2. The average molecular weight is 400 g/mol. The van der Waals surface area contributed by atoms with Crippen LogP contribution < -0.4 is 20.1 Å². The van der Waals surface area contributed by atoms with E-state index in [1.54, 1.807) is 19.1 Å². The number of ether oxygens (including phenoxy) is 3. The first kappa shape index (κ1) is 22.2. The summed E-state index contributed by atoms with van der Waals surface area (Å²) in [5.41, 5.74) is 0.843. The van der Waals surface area contributed by atoms with E-state index in [9.17, 15) is 8.78 Å². The summed E-state index contributed by atoms with van der Waals surface area (Å²) in [4.78, 5) is 6.91. The van der Waals surface area contributed by atoms with E-state index in [0.29, 0.717) is 24.9 Å². The van der Waals surface area contributed by atoms with Gasteiger partial charge in [-0.1, -0.05) is 6.07 Å². The van der Waals surface area contributed by atoms with E-state index in [4.69, 9.17) is 9.47 Å². The zero-order valence-corrected chi connectivity index (χ0v) is 16.5. The van der Waals surface area contributed by atoms with E-state index < -0.39 is 6.61 Å². The van der Waals surface area contributed by atoms with Gasteiger partial charge in [-0.05, 0) is 31.5 Å². The quantitative estimate of drug-likeness (QED) is 0.463. The van der Waals surface area contributed by atoms with Crippen LogP contribution in [0.15, 0.2) is 23.2 Å². The van der Waals surface area contributed by atoms with Crippen LogP contribution in [0.2, 0.25) is 0 Å². The Morgan fingerprint density at radius 3 is 2.68 bits per heavy atom. The molecule has 1 aliphatic heterocycles. The molecule has 0 aliphatic carbocycles. The van der Waals surface area contributed by atoms with Crippen molar-refractivity contribution < 1.29 is 23.0 Å². The van der Waals surface area contributed by atoms with Crippen LogP contribution in [-0.2, 0) is 11.3 Å². The van der Waals surface area contributed by atoms with E-state index in [1.807, 2.05) is 6.92 Å². The number of morpholine rings is 1. The van der Waals surface area contributed by atoms with E-state index in [-0.39, 0.29) is 5.75 Å². The molecule has 0 bridgehead atoms. The molecule has 1 saturated heterocycles. The van der Waals surface area contributed by atoms with Gasteiger partial charge >= 0.3 is 6.61 Å². The van der Waals surface area contributed by atoms with Gasteiger partial charge in [0.05, 0.1) is 26.4 Å². The molecule has 2 N–H and O–H groups in total. The van der Waals surface area contributed by atoms with Gasteiger partial charge in [-0.25, -0.2) is 4.99 Å². The number of nitrogens with one attached hydrogen (secondary N) is 2. The lowest BCUT2D eigenvalue weighted by Gasteiger charge is -2.26. The van der Waals surface area contributed by atoms with Crippen molar-refractivity contribution in [3.05, 3.63) is 23.8 Å². The number of rotatable bonds is 10. The molecule has 158 valence electrons. The van der Waals surface area contributed by atoms with Gasteiger partial charge in [-0.2, -0.15) is 8.78 Å². The van der Waals surface area contributed by atoms with Gasteiger partial charge in [0, 0.05) is 32.7 Å². The van der Waals surface area contributed by atoms with Crippen LogP contribution in [0.4, 0.5) is 8.78 Å². The minimum absolute atomic E-state index is 0.0279. The summed E-state index contributed by atoms with van der Waals surface area (Å²) in [6, 6.07) is 4.88. The van der Waals surface area contributed by atoms with Gasteiger partial charge in [-0.3, -0.25) is 4.90 Å². The minimum Gasteiger partial charge on any atom is -0.490 e. The van der Waals surface area contributed by atoms with Gasteiger partial charge < -0.3 is 24.8 Å². The summed E-state index contributed by atoms with van der Waals surface area (Å²) >= 11 is 0. The number of halogens is 2. The zero-order valence-electron chi connectivity index (χ0n) is 16.5. The predicted octanol–water partition coefficient (Wildman–Crippen LogP) is 2.07. The number of guanidine groups is 1. The highest BCUT2D eigenvalue weighted by molar-refractivity contribution is 5.79. The van der Waals surface area contributed by atoms with Crippen molar-refractivity contribution >= 4 is 5.96 Å². The Hall–Kier alpha value is -2.13. The molecule has 1 fully saturated rings. The second-order valence-electron chi connectivity index (χ2n) is 6.17. The van der Waals surface area contributed by atoms with Crippen LogP contribution in [0, 0.1) is 0 Å². The Morgan fingerprint density at radius 1 is 1.21 bits per heavy atom. The smallest absolute Gasteiger partial charge is 0.387 e. The Labute approximate surface area is 165 Å². The van der Waals surface area contributed by atoms with E-state index in [2.05, 4.69) is 25.3 Å². The summed E-state index contributed by atoms with van der Waals surface area (Å²) in [5.74, 6) is 1.03. The Kier molecular flexibility index (Phi) is 9.78.